The summed E-state index contributed by atoms with van der Waals surface area (Å²) in [5.74, 6) is 0. The van der Waals surface area contributed by atoms with E-state index in [1.807, 2.05) is 26.0 Å². The monoisotopic (exact) mass is 302 g/mol. The molecule has 0 aliphatic carbocycles. The van der Waals surface area contributed by atoms with Crippen LogP contribution in [0.5, 0.6) is 0 Å². The van der Waals surface area contributed by atoms with Gasteiger partial charge in [-0.3, -0.25) is 0 Å². The van der Waals surface area contributed by atoms with Crippen molar-refractivity contribution in [3.63, 3.8) is 0 Å². The van der Waals surface area contributed by atoms with Crippen molar-refractivity contribution in [1.82, 2.24) is 0 Å². The van der Waals surface area contributed by atoms with Gasteiger partial charge in [0.25, 0.3) is 0 Å². The van der Waals surface area contributed by atoms with Crippen LogP contribution in [0.2, 0.25) is 0 Å². The number of benzene rings is 3. The summed E-state index contributed by atoms with van der Waals surface area (Å²) >= 11 is 0. The molecular formula is C22H22O. The van der Waals surface area contributed by atoms with Gasteiger partial charge in [-0.2, -0.15) is 0 Å². The SMILES string of the molecule is CC.CCc1ccc(-c2ccc3oc4ccccc4c3c2)cc1. The average molecular weight is 302 g/mol. The molecule has 3 aromatic carbocycles. The number of fused-ring (bicyclic) bond motifs is 3. The van der Waals surface area contributed by atoms with Gasteiger partial charge in [0, 0.05) is 10.8 Å². The van der Waals surface area contributed by atoms with Gasteiger partial charge in [0.2, 0.25) is 0 Å². The van der Waals surface area contributed by atoms with Crippen molar-refractivity contribution >= 4 is 21.9 Å². The van der Waals surface area contributed by atoms with E-state index in [0.717, 1.165) is 17.6 Å². The zero-order chi connectivity index (χ0) is 16.2. The van der Waals surface area contributed by atoms with Crippen LogP contribution in [-0.4, -0.2) is 0 Å². The van der Waals surface area contributed by atoms with Crippen LogP contribution < -0.4 is 0 Å². The molecule has 0 N–H and O–H groups in total. The van der Waals surface area contributed by atoms with Gasteiger partial charge in [-0.15, -0.1) is 0 Å². The Balaban J connectivity index is 0.000000753. The van der Waals surface area contributed by atoms with Crippen LogP contribution in [0, 0.1) is 0 Å². The Morgan fingerprint density at radius 1 is 0.696 bits per heavy atom. The second-order valence-electron chi connectivity index (χ2n) is 5.36. The molecule has 23 heavy (non-hydrogen) atoms. The van der Waals surface area contributed by atoms with Gasteiger partial charge in [-0.25, -0.2) is 0 Å². The zero-order valence-corrected chi connectivity index (χ0v) is 14.0. The highest BCUT2D eigenvalue weighted by Gasteiger charge is 2.07. The van der Waals surface area contributed by atoms with Crippen LogP contribution in [0.1, 0.15) is 26.3 Å². The molecule has 0 saturated heterocycles. The molecule has 4 aromatic rings. The second-order valence-corrected chi connectivity index (χ2v) is 5.36. The van der Waals surface area contributed by atoms with Gasteiger partial charge in [-0.1, -0.05) is 69.3 Å². The van der Waals surface area contributed by atoms with Gasteiger partial charge >= 0.3 is 0 Å². The van der Waals surface area contributed by atoms with E-state index in [2.05, 4.69) is 61.5 Å². The fourth-order valence-electron chi connectivity index (χ4n) is 2.84. The lowest BCUT2D eigenvalue weighted by atomic mass is 10.0. The molecule has 1 nitrogen and oxygen atoms in total. The Bertz CT molecular complexity index is 914. The fourth-order valence-corrected chi connectivity index (χ4v) is 2.84. The smallest absolute Gasteiger partial charge is 0.135 e. The lowest BCUT2D eigenvalue weighted by Crippen LogP contribution is -1.81. The summed E-state index contributed by atoms with van der Waals surface area (Å²) in [6, 6.07) is 23.4. The van der Waals surface area contributed by atoms with E-state index in [-0.39, 0.29) is 0 Å². The van der Waals surface area contributed by atoms with Gasteiger partial charge < -0.3 is 4.42 Å². The minimum absolute atomic E-state index is 0.949. The Morgan fingerprint density at radius 3 is 2.09 bits per heavy atom. The van der Waals surface area contributed by atoms with Crippen LogP contribution in [0.15, 0.2) is 71.1 Å². The first-order valence-electron chi connectivity index (χ1n) is 8.36. The number of hydrogen-bond donors (Lipinski definition) is 0. The van der Waals surface area contributed by atoms with Gasteiger partial charge in [0.05, 0.1) is 0 Å². The number of rotatable bonds is 2. The van der Waals surface area contributed by atoms with E-state index in [9.17, 15) is 0 Å². The summed E-state index contributed by atoms with van der Waals surface area (Å²) < 4.78 is 5.88. The summed E-state index contributed by atoms with van der Waals surface area (Å²) in [4.78, 5) is 0. The molecule has 116 valence electrons. The minimum Gasteiger partial charge on any atom is -0.456 e. The second kappa shape index (κ2) is 6.70. The number of para-hydroxylation sites is 1. The van der Waals surface area contributed by atoms with Crippen LogP contribution in [-0.2, 0) is 6.42 Å². The van der Waals surface area contributed by atoms with E-state index in [4.69, 9.17) is 4.42 Å². The maximum absolute atomic E-state index is 5.88. The topological polar surface area (TPSA) is 13.1 Å². The van der Waals surface area contributed by atoms with Crippen molar-refractivity contribution in [2.24, 2.45) is 0 Å². The standard InChI is InChI=1S/C20H16O.C2H6/c1-2-14-7-9-15(10-8-14)16-11-12-20-18(13-16)17-5-3-4-6-19(17)21-20;1-2/h3-13H,2H2,1H3;1-2H3. The maximum atomic E-state index is 5.88. The molecule has 1 heterocycles. The molecule has 0 amide bonds. The Morgan fingerprint density at radius 2 is 1.35 bits per heavy atom. The average Bonchev–Trinajstić information content (AvgIpc) is 3.01. The summed E-state index contributed by atoms with van der Waals surface area (Å²) in [7, 11) is 0. The quantitative estimate of drug-likeness (QED) is 0.395. The van der Waals surface area contributed by atoms with Crippen LogP contribution in [0.3, 0.4) is 0 Å². The molecule has 1 heteroatoms. The Hall–Kier alpha value is -2.54. The predicted molar refractivity (Wildman–Crippen MR) is 99.9 cm³/mol. The zero-order valence-electron chi connectivity index (χ0n) is 14.0. The molecule has 0 unspecified atom stereocenters. The van der Waals surface area contributed by atoms with Crippen molar-refractivity contribution < 1.29 is 4.42 Å². The summed E-state index contributed by atoms with van der Waals surface area (Å²) in [6.07, 6.45) is 1.08. The van der Waals surface area contributed by atoms with E-state index < -0.39 is 0 Å². The molecule has 0 aliphatic rings. The van der Waals surface area contributed by atoms with Crippen molar-refractivity contribution in [2.75, 3.05) is 0 Å². The molecule has 0 radical (unpaired) electrons. The summed E-state index contributed by atoms with van der Waals surface area (Å²) in [6.45, 7) is 6.18. The number of aryl methyl sites for hydroxylation is 1. The van der Waals surface area contributed by atoms with Crippen LogP contribution in [0.25, 0.3) is 33.1 Å². The molecule has 1 aromatic heterocycles. The molecule has 0 aliphatic heterocycles. The number of hydrogen-bond acceptors (Lipinski definition) is 1. The first-order valence-corrected chi connectivity index (χ1v) is 8.36. The van der Waals surface area contributed by atoms with Crippen molar-refractivity contribution in [3.8, 4) is 11.1 Å². The summed E-state index contributed by atoms with van der Waals surface area (Å²) in [5, 5.41) is 2.36. The molecule has 0 spiro atoms. The van der Waals surface area contributed by atoms with E-state index in [1.165, 1.54) is 27.5 Å². The fraction of sp³-hybridized carbons (Fsp3) is 0.182. The third-order valence-electron chi connectivity index (χ3n) is 4.07. The van der Waals surface area contributed by atoms with Gasteiger partial charge in [0.15, 0.2) is 0 Å². The lowest BCUT2D eigenvalue weighted by molar-refractivity contribution is 0.669. The van der Waals surface area contributed by atoms with E-state index in [0.29, 0.717) is 0 Å². The Labute approximate surface area is 137 Å². The molecule has 0 fully saturated rings. The highest BCUT2D eigenvalue weighted by Crippen LogP contribution is 2.32. The van der Waals surface area contributed by atoms with E-state index >= 15 is 0 Å². The molecule has 0 bridgehead atoms. The van der Waals surface area contributed by atoms with Crippen LogP contribution in [0.4, 0.5) is 0 Å². The summed E-state index contributed by atoms with van der Waals surface area (Å²) in [5.41, 5.74) is 5.75. The van der Waals surface area contributed by atoms with Crippen molar-refractivity contribution in [2.45, 2.75) is 27.2 Å². The Kier molecular flexibility index (Phi) is 4.47. The first-order chi connectivity index (χ1) is 11.3. The minimum atomic E-state index is 0.949. The highest BCUT2D eigenvalue weighted by molar-refractivity contribution is 6.06. The molecule has 0 atom stereocenters. The predicted octanol–water partition coefficient (Wildman–Crippen LogP) is 6.84. The van der Waals surface area contributed by atoms with Crippen molar-refractivity contribution in [3.05, 3.63) is 72.3 Å². The molecule has 4 rings (SSSR count). The van der Waals surface area contributed by atoms with Gasteiger partial charge in [0.1, 0.15) is 11.2 Å². The molecule has 0 saturated carbocycles. The maximum Gasteiger partial charge on any atom is 0.135 e. The third-order valence-corrected chi connectivity index (χ3v) is 4.07. The van der Waals surface area contributed by atoms with Crippen LogP contribution >= 0.6 is 0 Å². The highest BCUT2D eigenvalue weighted by atomic mass is 16.3. The first kappa shape index (κ1) is 15.4. The lowest BCUT2D eigenvalue weighted by Gasteiger charge is -2.03. The van der Waals surface area contributed by atoms with E-state index in [1.54, 1.807) is 0 Å². The normalized spacial score (nSPS) is 10.6. The van der Waals surface area contributed by atoms with Gasteiger partial charge in [-0.05, 0) is 41.3 Å². The number of furan rings is 1. The van der Waals surface area contributed by atoms with Crippen molar-refractivity contribution in [1.29, 1.82) is 0 Å². The largest absolute Gasteiger partial charge is 0.456 e. The molecular weight excluding hydrogens is 280 g/mol. The third kappa shape index (κ3) is 2.87.